The molecule has 0 saturated carbocycles. The minimum Gasteiger partial charge on any atom is -0.258 e. The van der Waals surface area contributed by atoms with E-state index in [0.717, 1.165) is 5.57 Å². The number of nitrogens with zero attached hydrogens (tertiary/aromatic N) is 1. The Kier molecular flexibility index (Phi) is 4.31. The van der Waals surface area contributed by atoms with E-state index in [2.05, 4.69) is 0 Å². The Labute approximate surface area is 140 Å². The summed E-state index contributed by atoms with van der Waals surface area (Å²) in [7, 11) is -3.67. The van der Waals surface area contributed by atoms with E-state index in [-0.39, 0.29) is 16.2 Å². The van der Waals surface area contributed by atoms with Gasteiger partial charge in [0.2, 0.25) is 0 Å². The second-order valence-electron chi connectivity index (χ2n) is 5.52. The van der Waals surface area contributed by atoms with Crippen molar-refractivity contribution in [2.45, 2.75) is 11.3 Å². The van der Waals surface area contributed by atoms with Gasteiger partial charge in [0.05, 0.1) is 15.6 Å². The van der Waals surface area contributed by atoms with Gasteiger partial charge in [-0.3, -0.25) is 10.1 Å². The summed E-state index contributed by atoms with van der Waals surface area (Å²) in [6, 6.07) is 8.00. The largest absolute Gasteiger partial charge is 0.273 e. The van der Waals surface area contributed by atoms with Crippen LogP contribution in [0.3, 0.4) is 0 Å². The van der Waals surface area contributed by atoms with Crippen molar-refractivity contribution < 1.29 is 13.3 Å². The molecule has 0 amide bonds. The number of benzene rings is 1. The summed E-state index contributed by atoms with van der Waals surface area (Å²) >= 11 is 0. The lowest BCUT2D eigenvalue weighted by Crippen LogP contribution is -2.14. The molecule has 0 saturated heterocycles. The van der Waals surface area contributed by atoms with E-state index < -0.39 is 20.5 Å². The van der Waals surface area contributed by atoms with Gasteiger partial charge in [0.15, 0.2) is 9.84 Å². The summed E-state index contributed by atoms with van der Waals surface area (Å²) in [5, 5.41) is 11.5. The van der Waals surface area contributed by atoms with Gasteiger partial charge in [0.25, 0.3) is 5.70 Å². The number of rotatable bonds is 4. The molecule has 2 aliphatic carbocycles. The molecule has 1 aromatic carbocycles. The predicted octanol–water partition coefficient (Wildman–Crippen LogP) is 3.37. The fourth-order valence-corrected chi connectivity index (χ4v) is 4.15. The maximum absolute atomic E-state index is 12.7. The van der Waals surface area contributed by atoms with Crippen LogP contribution in [0.4, 0.5) is 0 Å². The molecule has 3 rings (SSSR count). The van der Waals surface area contributed by atoms with Gasteiger partial charge < -0.3 is 0 Å². The number of fused-ring (bicyclic) bond motifs is 2. The van der Waals surface area contributed by atoms with E-state index >= 15 is 0 Å². The van der Waals surface area contributed by atoms with Crippen molar-refractivity contribution >= 4 is 9.84 Å². The SMILES string of the molecule is O=[N+]([O-])C1=C(CS(=O)(=O)c2ccccc2)C2=CC=CC=C(C=C1)C2. The molecule has 0 unspecified atom stereocenters. The van der Waals surface area contributed by atoms with Gasteiger partial charge >= 0.3 is 0 Å². The van der Waals surface area contributed by atoms with E-state index in [9.17, 15) is 18.5 Å². The highest BCUT2D eigenvalue weighted by Gasteiger charge is 2.28. The molecule has 0 N–H and O–H groups in total. The second kappa shape index (κ2) is 6.41. The third-order valence-electron chi connectivity index (χ3n) is 3.90. The van der Waals surface area contributed by atoms with Crippen LogP contribution in [-0.4, -0.2) is 19.1 Å². The first-order valence-electron chi connectivity index (χ1n) is 7.37. The third kappa shape index (κ3) is 3.28. The molecular weight excluding hydrogens is 326 g/mol. The molecule has 0 spiro atoms. The maximum Gasteiger partial charge on any atom is 0.273 e. The van der Waals surface area contributed by atoms with Crippen molar-refractivity contribution in [3.05, 3.63) is 99.3 Å². The normalized spacial score (nSPS) is 17.0. The summed E-state index contributed by atoms with van der Waals surface area (Å²) in [5.74, 6) is -0.398. The first-order valence-corrected chi connectivity index (χ1v) is 9.03. The number of sulfone groups is 1. The molecule has 6 heteroatoms. The number of hydrogen-bond acceptors (Lipinski definition) is 4. The summed E-state index contributed by atoms with van der Waals surface area (Å²) in [4.78, 5) is 11.1. The van der Waals surface area contributed by atoms with Crippen molar-refractivity contribution in [1.82, 2.24) is 0 Å². The van der Waals surface area contributed by atoms with Crippen LogP contribution < -0.4 is 0 Å². The molecular formula is C18H15NO4S. The first kappa shape index (κ1) is 16.1. The smallest absolute Gasteiger partial charge is 0.258 e. The predicted molar refractivity (Wildman–Crippen MR) is 91.6 cm³/mol. The summed E-state index contributed by atoms with van der Waals surface area (Å²) in [6.45, 7) is 0. The standard InChI is InChI=1S/C18H15NO4S/c20-19(21)18-11-10-14-6-4-5-7-15(12-14)17(18)13-24(22,23)16-8-2-1-3-9-16/h1-11H,12-13H2. The molecule has 0 radical (unpaired) electrons. The molecule has 1 aromatic rings. The lowest BCUT2D eigenvalue weighted by atomic mass is 10.0. The van der Waals surface area contributed by atoms with Crippen LogP contribution in [0.5, 0.6) is 0 Å². The molecule has 0 atom stereocenters. The van der Waals surface area contributed by atoms with Crippen LogP contribution in [-0.2, 0) is 9.84 Å². The molecule has 122 valence electrons. The molecule has 5 nitrogen and oxygen atoms in total. The van der Waals surface area contributed by atoms with Gasteiger partial charge in [-0.25, -0.2) is 8.42 Å². The van der Waals surface area contributed by atoms with Crippen LogP contribution in [0.15, 0.2) is 94.1 Å². The fourth-order valence-electron chi connectivity index (χ4n) is 2.70. The Morgan fingerprint density at radius 3 is 2.46 bits per heavy atom. The van der Waals surface area contributed by atoms with Crippen molar-refractivity contribution in [2.75, 3.05) is 5.75 Å². The maximum atomic E-state index is 12.7. The molecule has 0 fully saturated rings. The van der Waals surface area contributed by atoms with Gasteiger partial charge in [-0.05, 0) is 29.7 Å². The van der Waals surface area contributed by atoms with E-state index in [1.165, 1.54) is 18.2 Å². The average molecular weight is 341 g/mol. The quantitative estimate of drug-likeness (QED) is 0.621. The number of nitro groups is 1. The number of allylic oxidation sites excluding steroid dienone is 8. The van der Waals surface area contributed by atoms with Gasteiger partial charge in [-0.1, -0.05) is 48.6 Å². The van der Waals surface area contributed by atoms with Gasteiger partial charge in [0, 0.05) is 11.6 Å². The Balaban J connectivity index is 2.10. The topological polar surface area (TPSA) is 77.3 Å². The summed E-state index contributed by atoms with van der Waals surface area (Å²) < 4.78 is 25.4. The average Bonchev–Trinajstić information content (AvgIpc) is 2.89. The van der Waals surface area contributed by atoms with Crippen LogP contribution in [0.1, 0.15) is 6.42 Å². The fraction of sp³-hybridized carbons (Fsp3) is 0.111. The van der Waals surface area contributed by atoms with E-state index in [1.54, 1.807) is 36.4 Å². The van der Waals surface area contributed by atoms with Gasteiger partial charge in [-0.2, -0.15) is 0 Å². The molecule has 0 aliphatic heterocycles. The minimum atomic E-state index is -3.67. The minimum absolute atomic E-state index is 0.161. The monoisotopic (exact) mass is 341 g/mol. The Morgan fingerprint density at radius 1 is 1.04 bits per heavy atom. The van der Waals surface area contributed by atoms with Crippen LogP contribution >= 0.6 is 0 Å². The summed E-state index contributed by atoms with van der Waals surface area (Å²) in [5.41, 5.74) is 1.64. The Morgan fingerprint density at radius 2 is 1.75 bits per heavy atom. The summed E-state index contributed by atoms with van der Waals surface area (Å²) in [6.07, 6.45) is 10.8. The highest BCUT2D eigenvalue weighted by atomic mass is 32.2. The Hall–Kier alpha value is -2.73. The zero-order valence-electron chi connectivity index (χ0n) is 12.8. The van der Waals surface area contributed by atoms with E-state index in [4.69, 9.17) is 0 Å². The first-order chi connectivity index (χ1) is 11.5. The molecule has 0 aromatic heterocycles. The third-order valence-corrected chi connectivity index (χ3v) is 5.56. The van der Waals surface area contributed by atoms with Crippen LogP contribution in [0, 0.1) is 10.1 Å². The lowest BCUT2D eigenvalue weighted by molar-refractivity contribution is -0.419. The molecule has 2 aliphatic rings. The Bertz CT molecular complexity index is 932. The highest BCUT2D eigenvalue weighted by Crippen LogP contribution is 2.31. The molecule has 0 heterocycles. The zero-order valence-corrected chi connectivity index (χ0v) is 13.6. The lowest BCUT2D eigenvalue weighted by Gasteiger charge is -2.11. The molecule has 24 heavy (non-hydrogen) atoms. The van der Waals surface area contributed by atoms with E-state index in [1.807, 2.05) is 12.2 Å². The number of hydrogen-bond donors (Lipinski definition) is 0. The molecule has 2 bridgehead atoms. The van der Waals surface area contributed by atoms with Crippen LogP contribution in [0.25, 0.3) is 0 Å². The van der Waals surface area contributed by atoms with E-state index in [0.29, 0.717) is 12.0 Å². The van der Waals surface area contributed by atoms with Crippen LogP contribution in [0.2, 0.25) is 0 Å². The van der Waals surface area contributed by atoms with Gasteiger partial charge in [-0.15, -0.1) is 0 Å². The van der Waals surface area contributed by atoms with Gasteiger partial charge in [0.1, 0.15) is 0 Å². The van der Waals surface area contributed by atoms with Crippen molar-refractivity contribution in [3.8, 4) is 0 Å². The van der Waals surface area contributed by atoms with Crippen molar-refractivity contribution in [1.29, 1.82) is 0 Å². The zero-order chi connectivity index (χ0) is 17.2. The van der Waals surface area contributed by atoms with Crippen molar-refractivity contribution in [3.63, 3.8) is 0 Å². The second-order valence-corrected chi connectivity index (χ2v) is 7.51. The van der Waals surface area contributed by atoms with Crippen molar-refractivity contribution in [2.24, 2.45) is 0 Å². The highest BCUT2D eigenvalue weighted by molar-refractivity contribution is 7.91.